The van der Waals surface area contributed by atoms with Gasteiger partial charge in [-0.2, -0.15) is 0 Å². The smallest absolute Gasteiger partial charge is 0.254 e. The SMILES string of the molecule is Cc1nc(Oc2ccc(N)c(Cl)c2)cc(=O)[nH]1. The summed E-state index contributed by atoms with van der Waals surface area (Å²) in [6.07, 6.45) is 0. The fourth-order valence-corrected chi connectivity index (χ4v) is 1.47. The van der Waals surface area contributed by atoms with Crippen molar-refractivity contribution in [1.82, 2.24) is 9.97 Å². The highest BCUT2D eigenvalue weighted by molar-refractivity contribution is 6.33. The number of nitrogens with one attached hydrogen (secondary N) is 1. The number of anilines is 1. The molecule has 2 aromatic rings. The van der Waals surface area contributed by atoms with Crippen LogP contribution >= 0.6 is 11.6 Å². The molecule has 0 radical (unpaired) electrons. The number of aryl methyl sites for hydroxylation is 1. The summed E-state index contributed by atoms with van der Waals surface area (Å²) in [6, 6.07) is 6.10. The molecule has 5 nitrogen and oxygen atoms in total. The maximum atomic E-state index is 11.2. The number of nitrogen functional groups attached to an aromatic ring is 1. The molecule has 0 saturated carbocycles. The molecule has 1 aromatic carbocycles. The third-order valence-corrected chi connectivity index (χ3v) is 2.36. The summed E-state index contributed by atoms with van der Waals surface area (Å²) in [7, 11) is 0. The Labute approximate surface area is 102 Å². The molecule has 17 heavy (non-hydrogen) atoms. The van der Waals surface area contributed by atoms with Crippen molar-refractivity contribution in [2.75, 3.05) is 5.73 Å². The number of H-pyrrole nitrogens is 1. The molecular formula is C11H10ClN3O2. The van der Waals surface area contributed by atoms with Crippen molar-refractivity contribution in [2.24, 2.45) is 0 Å². The van der Waals surface area contributed by atoms with Crippen LogP contribution in [-0.2, 0) is 0 Å². The molecule has 2 rings (SSSR count). The number of hydrogen-bond donors (Lipinski definition) is 2. The first-order valence-corrected chi connectivity index (χ1v) is 5.23. The highest BCUT2D eigenvalue weighted by Crippen LogP contribution is 2.26. The first-order valence-electron chi connectivity index (χ1n) is 4.85. The van der Waals surface area contributed by atoms with Crippen LogP contribution in [0.2, 0.25) is 5.02 Å². The Morgan fingerprint density at radius 3 is 2.82 bits per heavy atom. The Kier molecular flexibility index (Phi) is 3.01. The van der Waals surface area contributed by atoms with E-state index in [0.29, 0.717) is 22.3 Å². The highest BCUT2D eigenvalue weighted by atomic mass is 35.5. The molecular weight excluding hydrogens is 242 g/mol. The second kappa shape index (κ2) is 4.47. The quantitative estimate of drug-likeness (QED) is 0.801. The minimum Gasteiger partial charge on any atom is -0.439 e. The summed E-state index contributed by atoms with van der Waals surface area (Å²) in [6.45, 7) is 1.67. The minimum absolute atomic E-state index is 0.215. The Bertz CT molecular complexity index is 610. The molecule has 1 aromatic heterocycles. The Balaban J connectivity index is 2.31. The molecule has 88 valence electrons. The van der Waals surface area contributed by atoms with Gasteiger partial charge in [-0.3, -0.25) is 4.79 Å². The molecule has 0 aliphatic carbocycles. The van der Waals surface area contributed by atoms with E-state index in [2.05, 4.69) is 9.97 Å². The zero-order valence-electron chi connectivity index (χ0n) is 9.03. The van der Waals surface area contributed by atoms with Crippen LogP contribution < -0.4 is 16.0 Å². The molecule has 3 N–H and O–H groups in total. The van der Waals surface area contributed by atoms with E-state index in [1.54, 1.807) is 25.1 Å². The zero-order valence-corrected chi connectivity index (χ0v) is 9.78. The summed E-state index contributed by atoms with van der Waals surface area (Å²) in [5.41, 5.74) is 5.77. The fraction of sp³-hybridized carbons (Fsp3) is 0.0909. The number of nitrogens with two attached hydrogens (primary N) is 1. The van der Waals surface area contributed by atoms with Crippen molar-refractivity contribution < 1.29 is 4.74 Å². The summed E-state index contributed by atoms with van der Waals surface area (Å²) in [5.74, 6) is 1.17. The van der Waals surface area contributed by atoms with Crippen molar-refractivity contribution >= 4 is 17.3 Å². The summed E-state index contributed by atoms with van der Waals surface area (Å²) < 4.78 is 5.40. The standard InChI is InChI=1S/C11H10ClN3O2/c1-6-14-10(16)5-11(15-6)17-7-2-3-9(13)8(12)4-7/h2-5H,13H2,1H3,(H,14,15,16). The molecule has 1 heterocycles. The lowest BCUT2D eigenvalue weighted by Crippen LogP contribution is -2.08. The van der Waals surface area contributed by atoms with Gasteiger partial charge in [-0.1, -0.05) is 11.6 Å². The predicted octanol–water partition coefficient (Wildman–Crippen LogP) is 2.11. The van der Waals surface area contributed by atoms with Gasteiger partial charge in [0.25, 0.3) is 5.56 Å². The van der Waals surface area contributed by atoms with E-state index < -0.39 is 0 Å². The molecule has 0 bridgehead atoms. The average Bonchev–Trinajstić information content (AvgIpc) is 2.22. The van der Waals surface area contributed by atoms with E-state index in [9.17, 15) is 4.79 Å². The van der Waals surface area contributed by atoms with Crippen LogP contribution in [0.3, 0.4) is 0 Å². The molecule has 0 spiro atoms. The maximum absolute atomic E-state index is 11.2. The molecule has 0 unspecified atom stereocenters. The molecule has 0 saturated heterocycles. The van der Waals surface area contributed by atoms with Crippen LogP contribution in [0.5, 0.6) is 11.6 Å². The average molecular weight is 252 g/mol. The number of hydrogen-bond acceptors (Lipinski definition) is 4. The molecule has 0 aliphatic rings. The second-order valence-electron chi connectivity index (χ2n) is 3.45. The van der Waals surface area contributed by atoms with Crippen LogP contribution in [-0.4, -0.2) is 9.97 Å². The van der Waals surface area contributed by atoms with Crippen molar-refractivity contribution in [1.29, 1.82) is 0 Å². The van der Waals surface area contributed by atoms with Gasteiger partial charge >= 0.3 is 0 Å². The maximum Gasteiger partial charge on any atom is 0.254 e. The number of aromatic amines is 1. The highest BCUT2D eigenvalue weighted by Gasteiger charge is 2.03. The summed E-state index contributed by atoms with van der Waals surface area (Å²) >= 11 is 5.85. The van der Waals surface area contributed by atoms with E-state index in [1.807, 2.05) is 0 Å². The van der Waals surface area contributed by atoms with Gasteiger partial charge < -0.3 is 15.5 Å². The lowest BCUT2D eigenvalue weighted by Gasteiger charge is -2.06. The molecule has 0 atom stereocenters. The first kappa shape index (κ1) is 11.5. The molecule has 0 fully saturated rings. The Morgan fingerprint density at radius 1 is 1.41 bits per heavy atom. The van der Waals surface area contributed by atoms with Crippen molar-refractivity contribution in [3.8, 4) is 11.6 Å². The third kappa shape index (κ3) is 2.76. The van der Waals surface area contributed by atoms with E-state index in [-0.39, 0.29) is 11.4 Å². The van der Waals surface area contributed by atoms with Crippen LogP contribution in [0.4, 0.5) is 5.69 Å². The number of benzene rings is 1. The third-order valence-electron chi connectivity index (χ3n) is 2.03. The summed E-state index contributed by atoms with van der Waals surface area (Å²) in [4.78, 5) is 17.8. The topological polar surface area (TPSA) is 81.0 Å². The first-order chi connectivity index (χ1) is 8.04. The van der Waals surface area contributed by atoms with Crippen molar-refractivity contribution in [3.05, 3.63) is 45.5 Å². The van der Waals surface area contributed by atoms with Gasteiger partial charge in [0.2, 0.25) is 5.88 Å². The van der Waals surface area contributed by atoms with Crippen molar-refractivity contribution in [3.63, 3.8) is 0 Å². The van der Waals surface area contributed by atoms with Crippen LogP contribution in [0, 0.1) is 6.92 Å². The summed E-state index contributed by atoms with van der Waals surface area (Å²) in [5, 5.41) is 0.393. The van der Waals surface area contributed by atoms with Gasteiger partial charge in [-0.25, -0.2) is 4.98 Å². The number of halogens is 1. The molecule has 6 heteroatoms. The normalized spacial score (nSPS) is 10.2. The number of rotatable bonds is 2. The van der Waals surface area contributed by atoms with Gasteiger partial charge in [-0.05, 0) is 19.1 Å². The van der Waals surface area contributed by atoms with E-state index in [1.165, 1.54) is 6.07 Å². The van der Waals surface area contributed by atoms with Gasteiger partial charge in [0.1, 0.15) is 11.6 Å². The number of nitrogens with zero attached hydrogens (tertiary/aromatic N) is 1. The van der Waals surface area contributed by atoms with E-state index in [0.717, 1.165) is 0 Å². The van der Waals surface area contributed by atoms with Gasteiger partial charge in [-0.15, -0.1) is 0 Å². The molecule has 0 aliphatic heterocycles. The Hall–Kier alpha value is -2.01. The second-order valence-corrected chi connectivity index (χ2v) is 3.86. The lowest BCUT2D eigenvalue weighted by molar-refractivity contribution is 0.459. The lowest BCUT2D eigenvalue weighted by atomic mass is 10.3. The fourth-order valence-electron chi connectivity index (χ4n) is 1.30. The van der Waals surface area contributed by atoms with Gasteiger partial charge in [0, 0.05) is 6.07 Å². The number of ether oxygens (including phenoxy) is 1. The minimum atomic E-state index is -0.269. The van der Waals surface area contributed by atoms with E-state index >= 15 is 0 Å². The van der Waals surface area contributed by atoms with Gasteiger partial charge in [0.15, 0.2) is 0 Å². The van der Waals surface area contributed by atoms with Crippen LogP contribution in [0.1, 0.15) is 5.82 Å². The van der Waals surface area contributed by atoms with Crippen LogP contribution in [0.25, 0.3) is 0 Å². The molecule has 0 amide bonds. The van der Waals surface area contributed by atoms with E-state index in [4.69, 9.17) is 22.1 Å². The van der Waals surface area contributed by atoms with Crippen molar-refractivity contribution in [2.45, 2.75) is 6.92 Å². The van der Waals surface area contributed by atoms with Gasteiger partial charge in [0.05, 0.1) is 16.8 Å². The van der Waals surface area contributed by atoms with Crippen LogP contribution in [0.15, 0.2) is 29.1 Å². The zero-order chi connectivity index (χ0) is 12.4. The number of aromatic nitrogens is 2. The Morgan fingerprint density at radius 2 is 2.18 bits per heavy atom. The largest absolute Gasteiger partial charge is 0.439 e. The predicted molar refractivity (Wildman–Crippen MR) is 65.5 cm³/mol. The monoisotopic (exact) mass is 251 g/mol.